The smallest absolute Gasteiger partial charge is 0.0727 e. The molecule has 0 atom stereocenters. The van der Waals surface area contributed by atoms with Crippen LogP contribution in [0.25, 0.3) is 0 Å². The summed E-state index contributed by atoms with van der Waals surface area (Å²) in [6.45, 7) is 5.31. The lowest BCUT2D eigenvalue weighted by Gasteiger charge is -2.25. The minimum Gasteiger partial charge on any atom is -0.393 e. The van der Waals surface area contributed by atoms with Gasteiger partial charge in [0.1, 0.15) is 0 Å². The SMILES string of the molecule is CN(CCCCC(N)=S)CC(C)(C)O. The number of hydrogen-bond acceptors (Lipinski definition) is 3. The van der Waals surface area contributed by atoms with Gasteiger partial charge in [0.05, 0.1) is 10.6 Å². The Morgan fingerprint density at radius 1 is 1.43 bits per heavy atom. The summed E-state index contributed by atoms with van der Waals surface area (Å²) in [6.07, 6.45) is 2.93. The van der Waals surface area contributed by atoms with Crippen LogP contribution in [0.3, 0.4) is 0 Å². The maximum absolute atomic E-state index is 9.55. The monoisotopic (exact) mass is 218 g/mol. The maximum Gasteiger partial charge on any atom is 0.0727 e. The Balaban J connectivity index is 3.45. The zero-order chi connectivity index (χ0) is 11.2. The summed E-state index contributed by atoms with van der Waals surface area (Å²) in [4.78, 5) is 2.72. The van der Waals surface area contributed by atoms with E-state index in [0.717, 1.165) is 25.8 Å². The van der Waals surface area contributed by atoms with Gasteiger partial charge in [-0.25, -0.2) is 0 Å². The lowest BCUT2D eigenvalue weighted by molar-refractivity contribution is 0.0442. The van der Waals surface area contributed by atoms with Crippen LogP contribution in [0.15, 0.2) is 0 Å². The topological polar surface area (TPSA) is 49.5 Å². The molecule has 0 aromatic rings. The van der Waals surface area contributed by atoms with E-state index >= 15 is 0 Å². The second kappa shape index (κ2) is 6.32. The van der Waals surface area contributed by atoms with Crippen molar-refractivity contribution in [2.45, 2.75) is 38.7 Å². The fraction of sp³-hybridized carbons (Fsp3) is 0.900. The van der Waals surface area contributed by atoms with E-state index < -0.39 is 5.60 Å². The highest BCUT2D eigenvalue weighted by Gasteiger charge is 2.14. The van der Waals surface area contributed by atoms with Gasteiger partial charge in [0, 0.05) is 6.54 Å². The number of thiocarbonyl (C=S) groups is 1. The second-order valence-electron chi connectivity index (χ2n) is 4.47. The third kappa shape index (κ3) is 9.89. The molecule has 0 bridgehead atoms. The Morgan fingerprint density at radius 3 is 2.43 bits per heavy atom. The molecule has 3 nitrogen and oxygen atoms in total. The van der Waals surface area contributed by atoms with Gasteiger partial charge in [-0.3, -0.25) is 0 Å². The van der Waals surface area contributed by atoms with E-state index in [4.69, 9.17) is 18.0 Å². The van der Waals surface area contributed by atoms with Crippen molar-refractivity contribution in [2.75, 3.05) is 20.1 Å². The summed E-state index contributed by atoms with van der Waals surface area (Å²) in [6, 6.07) is 0. The molecule has 0 heterocycles. The lowest BCUT2D eigenvalue weighted by Crippen LogP contribution is -2.36. The van der Waals surface area contributed by atoms with Crippen LogP contribution in [-0.4, -0.2) is 40.7 Å². The van der Waals surface area contributed by atoms with Gasteiger partial charge in [0.15, 0.2) is 0 Å². The van der Waals surface area contributed by atoms with E-state index in [9.17, 15) is 5.11 Å². The van der Waals surface area contributed by atoms with E-state index in [1.807, 2.05) is 20.9 Å². The Kier molecular flexibility index (Phi) is 6.24. The number of unbranched alkanes of at least 4 members (excludes halogenated alkanes) is 1. The Hall–Kier alpha value is -0.190. The summed E-state index contributed by atoms with van der Waals surface area (Å²) in [5.74, 6) is 0. The van der Waals surface area contributed by atoms with Crippen LogP contribution in [0, 0.1) is 0 Å². The average Bonchev–Trinajstić information content (AvgIpc) is 1.94. The highest BCUT2D eigenvalue weighted by molar-refractivity contribution is 7.80. The van der Waals surface area contributed by atoms with E-state index in [1.165, 1.54) is 0 Å². The van der Waals surface area contributed by atoms with E-state index in [0.29, 0.717) is 11.5 Å². The number of nitrogens with zero attached hydrogens (tertiary/aromatic N) is 1. The van der Waals surface area contributed by atoms with Crippen molar-refractivity contribution >= 4 is 17.2 Å². The Labute approximate surface area is 92.3 Å². The highest BCUT2D eigenvalue weighted by atomic mass is 32.1. The third-order valence-electron chi connectivity index (χ3n) is 1.87. The molecule has 0 fully saturated rings. The van der Waals surface area contributed by atoms with E-state index in [2.05, 4.69) is 4.90 Å². The van der Waals surface area contributed by atoms with Crippen LogP contribution < -0.4 is 5.73 Å². The van der Waals surface area contributed by atoms with Crippen molar-refractivity contribution in [1.29, 1.82) is 0 Å². The molecule has 4 heteroatoms. The van der Waals surface area contributed by atoms with Crippen molar-refractivity contribution in [3.8, 4) is 0 Å². The van der Waals surface area contributed by atoms with E-state index in [-0.39, 0.29) is 0 Å². The Bertz CT molecular complexity index is 177. The molecule has 0 spiro atoms. The van der Waals surface area contributed by atoms with Crippen molar-refractivity contribution < 1.29 is 5.11 Å². The largest absolute Gasteiger partial charge is 0.393 e. The first-order chi connectivity index (χ1) is 6.31. The number of likely N-dealkylation sites (N-methyl/N-ethyl adjacent to an activating group) is 1. The number of nitrogens with two attached hydrogens (primary N) is 1. The highest BCUT2D eigenvalue weighted by Crippen LogP contribution is 2.04. The third-order valence-corrected chi connectivity index (χ3v) is 2.07. The molecule has 0 amide bonds. The molecule has 0 saturated carbocycles. The van der Waals surface area contributed by atoms with Gasteiger partial charge in [-0.15, -0.1) is 0 Å². The molecular weight excluding hydrogens is 196 g/mol. The van der Waals surface area contributed by atoms with Gasteiger partial charge in [-0.2, -0.15) is 0 Å². The molecule has 0 unspecified atom stereocenters. The van der Waals surface area contributed by atoms with Gasteiger partial charge >= 0.3 is 0 Å². The number of aliphatic hydroxyl groups is 1. The van der Waals surface area contributed by atoms with E-state index in [1.54, 1.807) is 0 Å². The number of hydrogen-bond donors (Lipinski definition) is 2. The second-order valence-corrected chi connectivity index (χ2v) is 5.00. The van der Waals surface area contributed by atoms with Crippen LogP contribution in [-0.2, 0) is 0 Å². The summed E-state index contributed by atoms with van der Waals surface area (Å²) < 4.78 is 0. The lowest BCUT2D eigenvalue weighted by atomic mass is 10.1. The molecule has 0 aromatic heterocycles. The zero-order valence-electron chi connectivity index (χ0n) is 9.42. The van der Waals surface area contributed by atoms with Crippen molar-refractivity contribution in [3.05, 3.63) is 0 Å². The zero-order valence-corrected chi connectivity index (χ0v) is 10.2. The Morgan fingerprint density at radius 2 is 2.00 bits per heavy atom. The van der Waals surface area contributed by atoms with Gasteiger partial charge in [-0.1, -0.05) is 12.2 Å². The maximum atomic E-state index is 9.55. The first-order valence-corrected chi connectivity index (χ1v) is 5.41. The normalized spacial score (nSPS) is 12.1. The van der Waals surface area contributed by atoms with Crippen molar-refractivity contribution in [1.82, 2.24) is 4.90 Å². The molecule has 0 aliphatic rings. The fourth-order valence-electron chi connectivity index (χ4n) is 1.42. The molecule has 0 aliphatic carbocycles. The summed E-state index contributed by atoms with van der Waals surface area (Å²) in [7, 11) is 2.01. The summed E-state index contributed by atoms with van der Waals surface area (Å²) in [5.41, 5.74) is 4.78. The first-order valence-electron chi connectivity index (χ1n) is 5.00. The van der Waals surface area contributed by atoms with Crippen LogP contribution in [0.1, 0.15) is 33.1 Å². The summed E-state index contributed by atoms with van der Waals surface area (Å²) >= 11 is 4.79. The van der Waals surface area contributed by atoms with Crippen LogP contribution >= 0.6 is 12.2 Å². The molecule has 0 aromatic carbocycles. The molecule has 0 radical (unpaired) electrons. The quantitative estimate of drug-likeness (QED) is 0.497. The number of rotatable bonds is 7. The predicted molar refractivity (Wildman–Crippen MR) is 64.4 cm³/mol. The molecule has 0 aliphatic heterocycles. The van der Waals surface area contributed by atoms with Gasteiger partial charge in [0.2, 0.25) is 0 Å². The van der Waals surface area contributed by atoms with Crippen LogP contribution in [0.2, 0.25) is 0 Å². The first kappa shape index (κ1) is 13.8. The summed E-state index contributed by atoms with van der Waals surface area (Å²) in [5, 5.41) is 9.55. The molecule has 84 valence electrons. The molecular formula is C10H22N2OS. The average molecular weight is 218 g/mol. The van der Waals surface area contributed by atoms with Gasteiger partial charge in [0.25, 0.3) is 0 Å². The standard InChI is InChI=1S/C10H22N2OS/c1-10(2,13)8-12(3)7-5-4-6-9(11)14/h13H,4-8H2,1-3H3,(H2,11,14). The van der Waals surface area contributed by atoms with Gasteiger partial charge < -0.3 is 15.7 Å². The van der Waals surface area contributed by atoms with Crippen molar-refractivity contribution in [2.24, 2.45) is 5.73 Å². The molecule has 3 N–H and O–H groups in total. The van der Waals surface area contributed by atoms with Crippen LogP contribution in [0.4, 0.5) is 0 Å². The van der Waals surface area contributed by atoms with Gasteiger partial charge in [-0.05, 0) is 46.7 Å². The minimum atomic E-state index is -0.613. The molecule has 0 saturated heterocycles. The minimum absolute atomic E-state index is 0.593. The molecule has 0 rings (SSSR count). The fourth-order valence-corrected chi connectivity index (χ4v) is 1.56. The molecule has 14 heavy (non-hydrogen) atoms. The van der Waals surface area contributed by atoms with Crippen molar-refractivity contribution in [3.63, 3.8) is 0 Å². The predicted octanol–water partition coefficient (Wildman–Crippen LogP) is 1.15. The van der Waals surface area contributed by atoms with Crippen LogP contribution in [0.5, 0.6) is 0 Å².